The number of benzene rings is 2. The molecule has 4 unspecified atom stereocenters. The molecule has 4 atom stereocenters. The van der Waals surface area contributed by atoms with E-state index in [1.54, 1.807) is 18.2 Å². The number of phenolic OH excluding ortho intramolecular Hbond substituents is 1. The lowest BCUT2D eigenvalue weighted by atomic mass is 9.59. The fraction of sp³-hybridized carbons (Fsp3) is 0.290. The molecule has 1 N–H and O–H groups in total. The first-order valence-electron chi connectivity index (χ1n) is 13.9. The fourth-order valence-electron chi connectivity index (χ4n) is 7.18. The summed E-state index contributed by atoms with van der Waals surface area (Å²) in [5, 5.41) is 34.9. The highest BCUT2D eigenvalue weighted by Gasteiger charge is 2.57. The number of nitrogens with zero attached hydrogens (tertiary/aromatic N) is 4. The van der Waals surface area contributed by atoms with Gasteiger partial charge in [0.05, 0.1) is 27.4 Å². The summed E-state index contributed by atoms with van der Waals surface area (Å²) < 4.78 is 0.610. The van der Waals surface area contributed by atoms with Crippen molar-refractivity contribution >= 4 is 62.1 Å². The van der Waals surface area contributed by atoms with Crippen LogP contribution in [0.15, 0.2) is 69.2 Å². The van der Waals surface area contributed by atoms with Crippen LogP contribution in [-0.2, 0) is 19.2 Å². The average Bonchev–Trinajstić information content (AvgIpc) is 3.24. The molecular formula is C31H25BrN4O9. The molecule has 3 aliphatic carbocycles. The lowest BCUT2D eigenvalue weighted by Gasteiger charge is -2.42. The molecule has 4 aliphatic rings. The van der Waals surface area contributed by atoms with Crippen LogP contribution in [0.5, 0.6) is 5.75 Å². The predicted octanol–water partition coefficient (Wildman–Crippen LogP) is 4.67. The van der Waals surface area contributed by atoms with Gasteiger partial charge in [-0.05, 0) is 50.0 Å². The Bertz CT molecular complexity index is 1860. The van der Waals surface area contributed by atoms with Gasteiger partial charge in [0.2, 0.25) is 11.8 Å². The third-order valence-corrected chi connectivity index (χ3v) is 9.51. The number of hydrogen-bond donors (Lipinski definition) is 1. The maximum absolute atomic E-state index is 14.2. The van der Waals surface area contributed by atoms with Crippen molar-refractivity contribution < 1.29 is 34.1 Å². The number of carbonyl (C=O) groups excluding carboxylic acids is 4. The molecule has 0 spiro atoms. The van der Waals surface area contributed by atoms with Gasteiger partial charge in [-0.3, -0.25) is 39.4 Å². The summed E-state index contributed by atoms with van der Waals surface area (Å²) in [7, 11) is 2.81. The van der Waals surface area contributed by atoms with Crippen molar-refractivity contribution in [1.29, 1.82) is 0 Å². The highest BCUT2D eigenvalue weighted by atomic mass is 79.9. The number of nitro groups is 2. The third-order valence-electron chi connectivity index (χ3n) is 9.02. The Kier molecular flexibility index (Phi) is 7.07. The molecule has 6 rings (SSSR count). The van der Waals surface area contributed by atoms with Crippen LogP contribution in [0.1, 0.15) is 31.2 Å². The Hall–Kier alpha value is -4.98. The monoisotopic (exact) mass is 676 g/mol. The van der Waals surface area contributed by atoms with Crippen LogP contribution in [0, 0.1) is 38.0 Å². The van der Waals surface area contributed by atoms with E-state index >= 15 is 0 Å². The van der Waals surface area contributed by atoms with E-state index in [2.05, 4.69) is 15.9 Å². The van der Waals surface area contributed by atoms with Crippen molar-refractivity contribution in [1.82, 2.24) is 0 Å². The van der Waals surface area contributed by atoms with Gasteiger partial charge in [-0.15, -0.1) is 0 Å². The number of halogens is 1. The lowest BCUT2D eigenvalue weighted by Crippen LogP contribution is -2.39. The summed E-state index contributed by atoms with van der Waals surface area (Å²) in [4.78, 5) is 79.2. The molecule has 1 saturated heterocycles. The molecule has 1 fully saturated rings. The van der Waals surface area contributed by atoms with Gasteiger partial charge in [-0.25, -0.2) is 4.90 Å². The number of aromatic hydroxyl groups is 1. The number of ketones is 2. The number of hydrogen-bond acceptors (Lipinski definition) is 10. The van der Waals surface area contributed by atoms with Gasteiger partial charge in [0, 0.05) is 58.9 Å². The van der Waals surface area contributed by atoms with E-state index in [1.807, 2.05) is 0 Å². The molecule has 13 nitrogen and oxygen atoms in total. The van der Waals surface area contributed by atoms with E-state index < -0.39 is 62.5 Å². The van der Waals surface area contributed by atoms with E-state index in [9.17, 15) is 44.5 Å². The van der Waals surface area contributed by atoms with Crippen LogP contribution in [-0.4, -0.2) is 52.4 Å². The first-order chi connectivity index (χ1) is 21.2. The first-order valence-corrected chi connectivity index (χ1v) is 14.7. The fourth-order valence-corrected chi connectivity index (χ4v) is 7.56. The van der Waals surface area contributed by atoms with E-state index in [0.717, 1.165) is 17.0 Å². The number of Topliss-reactive ketones (excluding diaryl/α,β-unsaturated/α-hetero) is 1. The van der Waals surface area contributed by atoms with Crippen LogP contribution in [0.4, 0.5) is 22.7 Å². The minimum Gasteiger partial charge on any atom is -0.508 e. The van der Waals surface area contributed by atoms with E-state index in [1.165, 1.54) is 38.1 Å². The molecule has 0 aromatic heterocycles. The second-order valence-corrected chi connectivity index (χ2v) is 12.6. The topological polar surface area (TPSA) is 181 Å². The van der Waals surface area contributed by atoms with Gasteiger partial charge < -0.3 is 10.0 Å². The predicted molar refractivity (Wildman–Crippen MR) is 164 cm³/mol. The van der Waals surface area contributed by atoms with Crippen LogP contribution in [0.25, 0.3) is 0 Å². The highest BCUT2D eigenvalue weighted by Crippen LogP contribution is 2.57. The minimum absolute atomic E-state index is 0.0192. The normalized spacial score (nSPS) is 24.1. The number of amides is 2. The van der Waals surface area contributed by atoms with Crippen LogP contribution >= 0.6 is 15.9 Å². The van der Waals surface area contributed by atoms with Crippen LogP contribution in [0.3, 0.4) is 0 Å². The standard InChI is InChI=1S/C31H25BrN4O9/c1-13-8-24(38)20-12-18-16(25(27(20)29(13)39)19-9-14(32)4-7-23(19)37)5-6-17-26(18)31(41)34(30(17)40)15-10-21(35(42)43)28(33(2)3)22(11-15)36(44)45/h4-5,7-11,17-18,25-26,37H,6,12H2,1-3H3. The Morgan fingerprint density at radius 1 is 0.978 bits per heavy atom. The zero-order chi connectivity index (χ0) is 32.6. The summed E-state index contributed by atoms with van der Waals surface area (Å²) >= 11 is 3.41. The molecular weight excluding hydrogens is 652 g/mol. The lowest BCUT2D eigenvalue weighted by molar-refractivity contribution is -0.392. The third kappa shape index (κ3) is 4.50. The SMILES string of the molecule is CC1=CC(=O)C2=C(C1=O)C(c1cc(Br)ccc1O)C1=CCC3C(=O)N(c4cc([N+](=O)[O-])c(N(C)C)c([N+](=O)[O-])c4)C(=O)C3C1C2. The molecule has 1 heterocycles. The number of anilines is 2. The second kappa shape index (κ2) is 10.6. The summed E-state index contributed by atoms with van der Waals surface area (Å²) in [5.74, 6) is -5.82. The number of nitro benzene ring substituents is 2. The van der Waals surface area contributed by atoms with Gasteiger partial charge in [-0.2, -0.15) is 0 Å². The summed E-state index contributed by atoms with van der Waals surface area (Å²) in [6.45, 7) is 1.54. The quantitative estimate of drug-likeness (QED) is 0.154. The number of fused-ring (bicyclic) bond motifs is 3. The number of allylic oxidation sites excluding steroid dienone is 6. The van der Waals surface area contributed by atoms with E-state index in [4.69, 9.17) is 0 Å². The molecule has 0 bridgehead atoms. The van der Waals surface area contributed by atoms with Crippen molar-refractivity contribution in [3.63, 3.8) is 0 Å². The van der Waals surface area contributed by atoms with Gasteiger partial charge in [0.1, 0.15) is 5.75 Å². The number of imide groups is 1. The molecule has 0 saturated carbocycles. The minimum atomic E-state index is -1.02. The smallest absolute Gasteiger partial charge is 0.301 e. The Balaban J connectivity index is 1.50. The van der Waals surface area contributed by atoms with Gasteiger partial charge >= 0.3 is 11.4 Å². The van der Waals surface area contributed by atoms with Crippen molar-refractivity contribution in [2.75, 3.05) is 23.9 Å². The zero-order valence-electron chi connectivity index (χ0n) is 24.1. The van der Waals surface area contributed by atoms with Crippen molar-refractivity contribution in [3.05, 3.63) is 95.0 Å². The van der Waals surface area contributed by atoms with Crippen LogP contribution in [0.2, 0.25) is 0 Å². The maximum Gasteiger partial charge on any atom is 0.301 e. The molecule has 2 aromatic rings. The zero-order valence-corrected chi connectivity index (χ0v) is 25.7. The van der Waals surface area contributed by atoms with Crippen LogP contribution < -0.4 is 9.80 Å². The largest absolute Gasteiger partial charge is 0.508 e. The molecule has 230 valence electrons. The van der Waals surface area contributed by atoms with Crippen molar-refractivity contribution in [3.8, 4) is 5.75 Å². The molecule has 2 aromatic carbocycles. The summed E-state index contributed by atoms with van der Waals surface area (Å²) in [5.41, 5.74) is -0.288. The first kappa shape index (κ1) is 30.1. The summed E-state index contributed by atoms with van der Waals surface area (Å²) in [6.07, 6.45) is 3.06. The number of carbonyl (C=O) groups is 4. The van der Waals surface area contributed by atoms with Crippen molar-refractivity contribution in [2.45, 2.75) is 25.7 Å². The van der Waals surface area contributed by atoms with E-state index in [-0.39, 0.29) is 52.5 Å². The second-order valence-electron chi connectivity index (χ2n) is 11.7. The molecule has 2 amide bonds. The molecule has 1 aliphatic heterocycles. The highest BCUT2D eigenvalue weighted by molar-refractivity contribution is 9.10. The Morgan fingerprint density at radius 3 is 2.22 bits per heavy atom. The maximum atomic E-state index is 14.2. The molecule has 14 heteroatoms. The molecule has 0 radical (unpaired) electrons. The average molecular weight is 677 g/mol. The summed E-state index contributed by atoms with van der Waals surface area (Å²) in [6, 6.07) is 6.67. The van der Waals surface area contributed by atoms with Gasteiger partial charge in [0.25, 0.3) is 0 Å². The molecule has 45 heavy (non-hydrogen) atoms. The number of phenols is 1. The van der Waals surface area contributed by atoms with Gasteiger partial charge in [0.15, 0.2) is 17.3 Å². The Morgan fingerprint density at radius 2 is 1.62 bits per heavy atom. The number of rotatable bonds is 5. The van der Waals surface area contributed by atoms with Gasteiger partial charge in [-0.1, -0.05) is 27.6 Å². The van der Waals surface area contributed by atoms with E-state index in [0.29, 0.717) is 15.6 Å². The van der Waals surface area contributed by atoms with Crippen molar-refractivity contribution in [2.24, 2.45) is 17.8 Å². The Labute approximate surface area is 263 Å².